The summed E-state index contributed by atoms with van der Waals surface area (Å²) in [6, 6.07) is 17.0. The Bertz CT molecular complexity index is 809. The van der Waals surface area contributed by atoms with Crippen LogP contribution in [0.5, 0.6) is 0 Å². The van der Waals surface area contributed by atoms with Gasteiger partial charge in [0.1, 0.15) is 0 Å². The van der Waals surface area contributed by atoms with Crippen LogP contribution in [0, 0.1) is 6.92 Å². The predicted octanol–water partition coefficient (Wildman–Crippen LogP) is 3.24. The summed E-state index contributed by atoms with van der Waals surface area (Å²) in [7, 11) is 0. The molecule has 0 unspecified atom stereocenters. The van der Waals surface area contributed by atoms with Gasteiger partial charge in [-0.3, -0.25) is 9.89 Å². The van der Waals surface area contributed by atoms with Crippen LogP contribution in [0.15, 0.2) is 60.8 Å². The van der Waals surface area contributed by atoms with E-state index in [-0.39, 0.29) is 18.6 Å². The summed E-state index contributed by atoms with van der Waals surface area (Å²) >= 11 is 0. The van der Waals surface area contributed by atoms with Gasteiger partial charge in [-0.15, -0.1) is 0 Å². The molecule has 0 fully saturated rings. The van der Waals surface area contributed by atoms with Crippen molar-refractivity contribution in [3.8, 4) is 11.3 Å². The molecule has 0 radical (unpaired) electrons. The molecule has 1 aromatic heterocycles. The molecule has 25 heavy (non-hydrogen) atoms. The zero-order valence-electron chi connectivity index (χ0n) is 14.1. The smallest absolute Gasteiger partial charge is 0.251 e. The Kier molecular flexibility index (Phi) is 5.26. The Morgan fingerprint density at radius 3 is 2.44 bits per heavy atom. The van der Waals surface area contributed by atoms with E-state index in [4.69, 9.17) is 0 Å². The van der Waals surface area contributed by atoms with Gasteiger partial charge in [-0.05, 0) is 42.7 Å². The molecule has 0 spiro atoms. The highest BCUT2D eigenvalue weighted by atomic mass is 16.3. The summed E-state index contributed by atoms with van der Waals surface area (Å²) in [5.41, 5.74) is 4.61. The number of aryl methyl sites for hydroxylation is 1. The van der Waals surface area contributed by atoms with Crippen LogP contribution >= 0.6 is 0 Å². The highest BCUT2D eigenvalue weighted by molar-refractivity contribution is 5.94. The third kappa shape index (κ3) is 4.14. The van der Waals surface area contributed by atoms with Crippen molar-refractivity contribution in [2.24, 2.45) is 0 Å². The molecule has 0 aliphatic carbocycles. The molecule has 0 bridgehead atoms. The third-order valence-electron chi connectivity index (χ3n) is 4.16. The Morgan fingerprint density at radius 1 is 1.12 bits per heavy atom. The molecule has 128 valence electrons. The van der Waals surface area contributed by atoms with Gasteiger partial charge in [0.15, 0.2) is 0 Å². The second-order valence-electron chi connectivity index (χ2n) is 6.00. The molecule has 1 atom stereocenters. The number of aromatic amines is 1. The summed E-state index contributed by atoms with van der Waals surface area (Å²) in [5.74, 6) is -0.157. The van der Waals surface area contributed by atoms with E-state index in [1.165, 1.54) is 0 Å². The lowest BCUT2D eigenvalue weighted by molar-refractivity contribution is 0.0930. The summed E-state index contributed by atoms with van der Waals surface area (Å²) in [5, 5.41) is 19.1. The Balaban J connectivity index is 1.73. The van der Waals surface area contributed by atoms with Crippen molar-refractivity contribution < 1.29 is 9.90 Å². The van der Waals surface area contributed by atoms with Crippen LogP contribution in [0.1, 0.15) is 33.9 Å². The maximum absolute atomic E-state index is 12.6. The van der Waals surface area contributed by atoms with Crippen molar-refractivity contribution in [3.05, 3.63) is 77.5 Å². The van der Waals surface area contributed by atoms with E-state index < -0.39 is 0 Å². The molecule has 5 heteroatoms. The van der Waals surface area contributed by atoms with Crippen molar-refractivity contribution >= 4 is 5.91 Å². The lowest BCUT2D eigenvalue weighted by atomic mass is 10.0. The molecule has 3 N–H and O–H groups in total. The van der Waals surface area contributed by atoms with Gasteiger partial charge in [0, 0.05) is 18.4 Å². The summed E-state index contributed by atoms with van der Waals surface area (Å²) in [4.78, 5) is 12.6. The molecule has 5 nitrogen and oxygen atoms in total. The first kappa shape index (κ1) is 16.9. The Morgan fingerprint density at radius 2 is 1.84 bits per heavy atom. The van der Waals surface area contributed by atoms with Crippen molar-refractivity contribution in [2.75, 3.05) is 6.61 Å². The van der Waals surface area contributed by atoms with E-state index in [0.717, 1.165) is 22.4 Å². The van der Waals surface area contributed by atoms with Crippen LogP contribution in [0.4, 0.5) is 0 Å². The molecule has 0 saturated heterocycles. The number of rotatable bonds is 6. The Hall–Kier alpha value is -2.92. The lowest BCUT2D eigenvalue weighted by Gasteiger charge is -2.18. The van der Waals surface area contributed by atoms with Crippen LogP contribution in [-0.4, -0.2) is 27.8 Å². The topological polar surface area (TPSA) is 78.0 Å². The van der Waals surface area contributed by atoms with Crippen molar-refractivity contribution in [1.29, 1.82) is 0 Å². The van der Waals surface area contributed by atoms with E-state index >= 15 is 0 Å². The lowest BCUT2D eigenvalue weighted by Crippen LogP contribution is -2.29. The summed E-state index contributed by atoms with van der Waals surface area (Å²) in [6.45, 7) is 2.03. The van der Waals surface area contributed by atoms with Gasteiger partial charge in [-0.25, -0.2) is 0 Å². The monoisotopic (exact) mass is 335 g/mol. The van der Waals surface area contributed by atoms with E-state index in [0.29, 0.717) is 12.0 Å². The third-order valence-corrected chi connectivity index (χ3v) is 4.16. The number of aliphatic hydroxyl groups excluding tert-OH is 1. The maximum atomic E-state index is 12.6. The normalized spacial score (nSPS) is 11.9. The van der Waals surface area contributed by atoms with Gasteiger partial charge < -0.3 is 10.4 Å². The first-order valence-electron chi connectivity index (χ1n) is 8.25. The molecule has 2 aromatic carbocycles. The number of H-pyrrole nitrogens is 1. The van der Waals surface area contributed by atoms with Gasteiger partial charge in [0.2, 0.25) is 0 Å². The largest absolute Gasteiger partial charge is 0.396 e. The van der Waals surface area contributed by atoms with Gasteiger partial charge in [-0.1, -0.05) is 42.0 Å². The number of hydrogen-bond acceptors (Lipinski definition) is 3. The van der Waals surface area contributed by atoms with Crippen molar-refractivity contribution in [3.63, 3.8) is 0 Å². The first-order chi connectivity index (χ1) is 12.2. The standard InChI is InChI=1S/C20H21N3O2/c1-14-2-4-15(5-3-14)18(11-13-24)22-20(25)17-8-6-16(7-9-17)19-10-12-21-23-19/h2-10,12,18,24H,11,13H2,1H3,(H,21,23)(H,22,25)/t18-/m0/s1. The molecule has 3 rings (SSSR count). The van der Waals surface area contributed by atoms with Crippen LogP contribution in [0.25, 0.3) is 11.3 Å². The van der Waals surface area contributed by atoms with Gasteiger partial charge in [-0.2, -0.15) is 5.10 Å². The van der Waals surface area contributed by atoms with E-state index in [1.807, 2.05) is 49.4 Å². The zero-order chi connectivity index (χ0) is 17.6. The number of nitrogens with one attached hydrogen (secondary N) is 2. The average molecular weight is 335 g/mol. The average Bonchev–Trinajstić information content (AvgIpc) is 3.17. The molecule has 3 aromatic rings. The quantitative estimate of drug-likeness (QED) is 0.647. The molecular weight excluding hydrogens is 314 g/mol. The van der Waals surface area contributed by atoms with E-state index in [2.05, 4.69) is 15.5 Å². The number of hydrogen-bond donors (Lipinski definition) is 3. The van der Waals surface area contributed by atoms with Crippen LogP contribution in [-0.2, 0) is 0 Å². The highest BCUT2D eigenvalue weighted by Crippen LogP contribution is 2.20. The van der Waals surface area contributed by atoms with Gasteiger partial charge in [0.25, 0.3) is 5.91 Å². The minimum absolute atomic E-state index is 0.0115. The number of amides is 1. The summed E-state index contributed by atoms with van der Waals surface area (Å²) in [6.07, 6.45) is 2.16. The first-order valence-corrected chi connectivity index (χ1v) is 8.25. The highest BCUT2D eigenvalue weighted by Gasteiger charge is 2.15. The van der Waals surface area contributed by atoms with Crippen LogP contribution < -0.4 is 5.32 Å². The number of nitrogens with zero attached hydrogens (tertiary/aromatic N) is 1. The summed E-state index contributed by atoms with van der Waals surface area (Å²) < 4.78 is 0. The van der Waals surface area contributed by atoms with Crippen LogP contribution in [0.3, 0.4) is 0 Å². The molecular formula is C20H21N3O2. The second kappa shape index (κ2) is 7.77. The number of carbonyl (C=O) groups excluding carboxylic acids is 1. The fourth-order valence-corrected chi connectivity index (χ4v) is 2.71. The van der Waals surface area contributed by atoms with E-state index in [9.17, 15) is 9.90 Å². The number of benzene rings is 2. The zero-order valence-corrected chi connectivity index (χ0v) is 14.1. The van der Waals surface area contributed by atoms with Crippen molar-refractivity contribution in [2.45, 2.75) is 19.4 Å². The molecule has 0 saturated carbocycles. The fourth-order valence-electron chi connectivity index (χ4n) is 2.71. The fraction of sp³-hybridized carbons (Fsp3) is 0.200. The molecule has 0 aliphatic heterocycles. The number of carbonyl (C=O) groups is 1. The Labute approximate surface area is 146 Å². The number of aliphatic hydroxyl groups is 1. The second-order valence-corrected chi connectivity index (χ2v) is 6.00. The van der Waals surface area contributed by atoms with Gasteiger partial charge >= 0.3 is 0 Å². The minimum atomic E-state index is -0.217. The predicted molar refractivity (Wildman–Crippen MR) is 97.1 cm³/mol. The maximum Gasteiger partial charge on any atom is 0.251 e. The van der Waals surface area contributed by atoms with Gasteiger partial charge in [0.05, 0.1) is 11.7 Å². The molecule has 1 amide bonds. The van der Waals surface area contributed by atoms with Crippen LogP contribution in [0.2, 0.25) is 0 Å². The number of aromatic nitrogens is 2. The molecule has 1 heterocycles. The van der Waals surface area contributed by atoms with E-state index in [1.54, 1.807) is 18.3 Å². The SMILES string of the molecule is Cc1ccc([C@H](CCO)NC(=O)c2ccc(-c3ccn[nH]3)cc2)cc1. The minimum Gasteiger partial charge on any atom is -0.396 e. The van der Waals surface area contributed by atoms with Crippen molar-refractivity contribution in [1.82, 2.24) is 15.5 Å². The molecule has 0 aliphatic rings.